The van der Waals surface area contributed by atoms with Crippen LogP contribution < -0.4 is 5.73 Å². The summed E-state index contributed by atoms with van der Waals surface area (Å²) in [6, 6.07) is 12.9. The molecule has 0 fully saturated rings. The van der Waals surface area contributed by atoms with Crippen LogP contribution in [0.1, 0.15) is 0 Å². The van der Waals surface area contributed by atoms with E-state index in [-0.39, 0.29) is 5.69 Å². The Balaban J connectivity index is 2.71. The standard InChI is InChI=1S/C12H10FNO2S/c13-17(15,16)12-8-10(14)6-7-11(12)9-4-2-1-3-5-9/h1-8H,14H2. The Kier molecular flexibility index (Phi) is 2.85. The molecule has 2 rings (SSSR count). The fraction of sp³-hybridized carbons (Fsp3) is 0. The lowest BCUT2D eigenvalue weighted by atomic mass is 10.1. The molecular formula is C12H10FNO2S. The van der Waals surface area contributed by atoms with E-state index in [1.165, 1.54) is 12.1 Å². The third kappa shape index (κ3) is 2.45. The highest BCUT2D eigenvalue weighted by molar-refractivity contribution is 7.86. The van der Waals surface area contributed by atoms with Gasteiger partial charge in [-0.15, -0.1) is 3.89 Å². The first-order valence-corrected chi connectivity index (χ1v) is 6.26. The van der Waals surface area contributed by atoms with Crippen LogP contribution in [0.25, 0.3) is 11.1 Å². The Bertz CT molecular complexity index is 639. The van der Waals surface area contributed by atoms with Gasteiger partial charge < -0.3 is 5.73 Å². The molecule has 0 saturated carbocycles. The quantitative estimate of drug-likeness (QED) is 0.659. The summed E-state index contributed by atoms with van der Waals surface area (Å²) in [6.07, 6.45) is 0. The summed E-state index contributed by atoms with van der Waals surface area (Å²) < 4.78 is 35.3. The number of rotatable bonds is 2. The fourth-order valence-corrected chi connectivity index (χ4v) is 2.32. The molecule has 0 heterocycles. The van der Waals surface area contributed by atoms with Crippen LogP contribution >= 0.6 is 0 Å². The van der Waals surface area contributed by atoms with Gasteiger partial charge in [-0.2, -0.15) is 8.42 Å². The Labute approximate surface area is 98.9 Å². The highest BCUT2D eigenvalue weighted by Gasteiger charge is 2.18. The highest BCUT2D eigenvalue weighted by Crippen LogP contribution is 2.30. The minimum atomic E-state index is -4.78. The van der Waals surface area contributed by atoms with Crippen LogP contribution in [0.5, 0.6) is 0 Å². The molecule has 5 heteroatoms. The van der Waals surface area contributed by atoms with E-state index < -0.39 is 15.1 Å². The molecule has 0 aliphatic rings. The molecule has 0 amide bonds. The number of nitrogen functional groups attached to an aromatic ring is 1. The number of halogens is 1. The van der Waals surface area contributed by atoms with Crippen LogP contribution in [0.15, 0.2) is 53.4 Å². The summed E-state index contributed by atoms with van der Waals surface area (Å²) >= 11 is 0. The summed E-state index contributed by atoms with van der Waals surface area (Å²) in [5.74, 6) is 0. The fourth-order valence-electron chi connectivity index (χ4n) is 1.60. The van der Waals surface area contributed by atoms with E-state index in [0.717, 1.165) is 6.07 Å². The lowest BCUT2D eigenvalue weighted by molar-refractivity contribution is 0.552. The van der Waals surface area contributed by atoms with Gasteiger partial charge in [0.05, 0.1) is 0 Å². The molecule has 0 aliphatic carbocycles. The molecule has 2 N–H and O–H groups in total. The number of hydrogen-bond donors (Lipinski definition) is 1. The molecule has 0 saturated heterocycles. The molecule has 0 unspecified atom stereocenters. The van der Waals surface area contributed by atoms with Crippen molar-refractivity contribution in [2.24, 2.45) is 0 Å². The molecule has 0 bridgehead atoms. The number of nitrogens with two attached hydrogens (primary N) is 1. The van der Waals surface area contributed by atoms with Gasteiger partial charge in [0.15, 0.2) is 0 Å². The molecule has 88 valence electrons. The van der Waals surface area contributed by atoms with Crippen molar-refractivity contribution in [1.29, 1.82) is 0 Å². The molecule has 0 aliphatic heterocycles. The predicted octanol–water partition coefficient (Wildman–Crippen LogP) is 2.59. The van der Waals surface area contributed by atoms with E-state index in [1.54, 1.807) is 30.3 Å². The van der Waals surface area contributed by atoms with Crippen molar-refractivity contribution in [3.05, 3.63) is 48.5 Å². The maximum atomic E-state index is 13.2. The van der Waals surface area contributed by atoms with Gasteiger partial charge in [0, 0.05) is 11.3 Å². The van der Waals surface area contributed by atoms with Gasteiger partial charge in [0.1, 0.15) is 4.90 Å². The third-order valence-electron chi connectivity index (χ3n) is 2.35. The van der Waals surface area contributed by atoms with E-state index in [9.17, 15) is 12.3 Å². The summed E-state index contributed by atoms with van der Waals surface area (Å²) in [4.78, 5) is -0.399. The van der Waals surface area contributed by atoms with E-state index in [0.29, 0.717) is 11.1 Å². The first-order chi connectivity index (χ1) is 7.98. The summed E-state index contributed by atoms with van der Waals surface area (Å²) in [5.41, 5.74) is 6.62. The maximum absolute atomic E-state index is 13.2. The van der Waals surface area contributed by atoms with Gasteiger partial charge in [0.25, 0.3) is 0 Å². The van der Waals surface area contributed by atoms with Crippen molar-refractivity contribution in [2.45, 2.75) is 4.90 Å². The topological polar surface area (TPSA) is 60.2 Å². The van der Waals surface area contributed by atoms with Crippen LogP contribution in [0, 0.1) is 0 Å². The van der Waals surface area contributed by atoms with E-state index in [2.05, 4.69) is 0 Å². The van der Waals surface area contributed by atoms with E-state index in [1.807, 2.05) is 0 Å². The second-order valence-corrected chi connectivity index (χ2v) is 4.87. The molecule has 0 spiro atoms. The molecule has 0 atom stereocenters. The monoisotopic (exact) mass is 251 g/mol. The van der Waals surface area contributed by atoms with Gasteiger partial charge >= 0.3 is 10.2 Å². The van der Waals surface area contributed by atoms with Crippen LogP contribution in [0.3, 0.4) is 0 Å². The van der Waals surface area contributed by atoms with Crippen LogP contribution in [0.4, 0.5) is 9.57 Å². The highest BCUT2D eigenvalue weighted by atomic mass is 32.3. The average Bonchev–Trinajstić information content (AvgIpc) is 2.29. The normalized spacial score (nSPS) is 11.4. The lowest BCUT2D eigenvalue weighted by Gasteiger charge is -2.07. The second-order valence-electron chi connectivity index (χ2n) is 3.56. The first kappa shape index (κ1) is 11.6. The Hall–Kier alpha value is -1.88. The third-order valence-corrected chi connectivity index (χ3v) is 3.22. The molecular weight excluding hydrogens is 241 g/mol. The summed E-state index contributed by atoms with van der Waals surface area (Å²) in [7, 11) is -4.78. The molecule has 0 aromatic heterocycles. The van der Waals surface area contributed by atoms with Crippen LogP contribution in [-0.4, -0.2) is 8.42 Å². The van der Waals surface area contributed by atoms with Gasteiger partial charge in [-0.25, -0.2) is 0 Å². The second kappa shape index (κ2) is 4.18. The van der Waals surface area contributed by atoms with Gasteiger partial charge in [-0.05, 0) is 17.7 Å². The van der Waals surface area contributed by atoms with Gasteiger partial charge in [-0.3, -0.25) is 0 Å². The van der Waals surface area contributed by atoms with Gasteiger partial charge in [0.2, 0.25) is 0 Å². The van der Waals surface area contributed by atoms with Crippen molar-refractivity contribution in [2.75, 3.05) is 5.73 Å². The molecule has 3 nitrogen and oxygen atoms in total. The van der Waals surface area contributed by atoms with Crippen molar-refractivity contribution in [3.63, 3.8) is 0 Å². The molecule has 2 aromatic carbocycles. The van der Waals surface area contributed by atoms with Crippen molar-refractivity contribution < 1.29 is 12.3 Å². The van der Waals surface area contributed by atoms with E-state index in [4.69, 9.17) is 5.73 Å². The summed E-state index contributed by atoms with van der Waals surface area (Å²) in [6.45, 7) is 0. The smallest absolute Gasteiger partial charge is 0.332 e. The molecule has 0 radical (unpaired) electrons. The number of hydrogen-bond acceptors (Lipinski definition) is 3. The first-order valence-electron chi connectivity index (χ1n) is 4.88. The Morgan fingerprint density at radius 1 is 1.00 bits per heavy atom. The number of anilines is 1. The Morgan fingerprint density at radius 2 is 1.65 bits per heavy atom. The van der Waals surface area contributed by atoms with Crippen molar-refractivity contribution >= 4 is 15.9 Å². The minimum absolute atomic E-state index is 0.209. The lowest BCUT2D eigenvalue weighted by Crippen LogP contribution is -1.97. The predicted molar refractivity (Wildman–Crippen MR) is 64.6 cm³/mol. The molecule has 17 heavy (non-hydrogen) atoms. The van der Waals surface area contributed by atoms with Crippen LogP contribution in [0.2, 0.25) is 0 Å². The summed E-state index contributed by atoms with van der Waals surface area (Å²) in [5, 5.41) is 0. The number of benzene rings is 2. The SMILES string of the molecule is Nc1ccc(-c2ccccc2)c(S(=O)(=O)F)c1. The zero-order valence-electron chi connectivity index (χ0n) is 8.80. The van der Waals surface area contributed by atoms with Crippen molar-refractivity contribution in [3.8, 4) is 11.1 Å². The average molecular weight is 251 g/mol. The molecule has 2 aromatic rings. The Morgan fingerprint density at radius 3 is 2.24 bits per heavy atom. The van der Waals surface area contributed by atoms with Crippen LogP contribution in [-0.2, 0) is 10.2 Å². The zero-order chi connectivity index (χ0) is 12.5. The minimum Gasteiger partial charge on any atom is -0.399 e. The maximum Gasteiger partial charge on any atom is 0.332 e. The van der Waals surface area contributed by atoms with Gasteiger partial charge in [-0.1, -0.05) is 36.4 Å². The van der Waals surface area contributed by atoms with E-state index >= 15 is 0 Å². The zero-order valence-corrected chi connectivity index (χ0v) is 9.62. The van der Waals surface area contributed by atoms with Crippen molar-refractivity contribution in [1.82, 2.24) is 0 Å². The largest absolute Gasteiger partial charge is 0.399 e.